The summed E-state index contributed by atoms with van der Waals surface area (Å²) in [6.07, 6.45) is 3.57. The number of nitrogens with zero attached hydrogens (tertiary/aromatic N) is 1. The number of rotatable bonds is 9. The highest BCUT2D eigenvalue weighted by molar-refractivity contribution is 6.99. The maximum absolute atomic E-state index is 13.9. The second-order valence-electron chi connectivity index (χ2n) is 8.63. The Kier molecular flexibility index (Phi) is 7.78. The molecule has 3 aromatic carbocycles. The third kappa shape index (κ3) is 5.56. The van der Waals surface area contributed by atoms with E-state index in [1.807, 2.05) is 42.5 Å². The van der Waals surface area contributed by atoms with Gasteiger partial charge in [0.05, 0.1) is 17.6 Å². The van der Waals surface area contributed by atoms with E-state index in [9.17, 15) is 14.5 Å². The predicted octanol–water partition coefficient (Wildman–Crippen LogP) is 5.25. The van der Waals surface area contributed by atoms with Crippen LogP contribution in [-0.4, -0.2) is 26.5 Å². The number of hydrogen-bond donors (Lipinski definition) is 0. The molecule has 0 bridgehead atoms. The van der Waals surface area contributed by atoms with Crippen LogP contribution in [0.25, 0.3) is 0 Å². The number of nitro benzene ring substituents is 1. The van der Waals surface area contributed by atoms with Crippen LogP contribution in [0.15, 0.2) is 91.0 Å². The summed E-state index contributed by atoms with van der Waals surface area (Å²) >= 11 is 0. The molecule has 0 unspecified atom stereocenters. The van der Waals surface area contributed by atoms with Crippen LogP contribution in [0, 0.1) is 15.9 Å². The topological polar surface area (TPSA) is 61.6 Å². The maximum Gasteiger partial charge on any atom is 0.273 e. The van der Waals surface area contributed by atoms with Crippen LogP contribution in [0.5, 0.6) is 5.75 Å². The van der Waals surface area contributed by atoms with Crippen molar-refractivity contribution >= 4 is 24.4 Å². The van der Waals surface area contributed by atoms with Crippen LogP contribution in [0.2, 0.25) is 5.04 Å². The first-order valence-corrected chi connectivity index (χ1v) is 12.6. The summed E-state index contributed by atoms with van der Waals surface area (Å²) in [5, 5.41) is 13.1. The van der Waals surface area contributed by atoms with E-state index in [1.165, 1.54) is 10.4 Å². The van der Waals surface area contributed by atoms with Crippen molar-refractivity contribution < 1.29 is 18.5 Å². The van der Waals surface area contributed by atoms with Gasteiger partial charge in [0.1, 0.15) is 6.61 Å². The second kappa shape index (κ2) is 10.5. The average molecular weight is 466 g/mol. The molecule has 0 aliphatic heterocycles. The molecule has 7 heteroatoms. The Labute approximate surface area is 194 Å². The highest BCUT2D eigenvalue weighted by Gasteiger charge is 2.49. The molecule has 3 aromatic rings. The molecule has 0 heterocycles. The SMILES string of the molecule is CC(C)(C)[Si](OC/C=C\COc1cc([N+](=O)[O-])ccc1F)(c1ccccc1)c1ccccc1. The van der Waals surface area contributed by atoms with E-state index in [-0.39, 0.29) is 23.1 Å². The van der Waals surface area contributed by atoms with Crippen molar-refractivity contribution in [3.8, 4) is 5.75 Å². The largest absolute Gasteiger partial charge is 0.486 e. The fraction of sp³-hybridized carbons (Fsp3) is 0.231. The Hall–Kier alpha value is -3.29. The van der Waals surface area contributed by atoms with Gasteiger partial charge >= 0.3 is 0 Å². The van der Waals surface area contributed by atoms with E-state index in [2.05, 4.69) is 45.0 Å². The third-order valence-corrected chi connectivity index (χ3v) is 10.4. The van der Waals surface area contributed by atoms with E-state index < -0.39 is 19.1 Å². The summed E-state index contributed by atoms with van der Waals surface area (Å²) in [6, 6.07) is 23.9. The summed E-state index contributed by atoms with van der Waals surface area (Å²) in [5.41, 5.74) is -0.217. The highest BCUT2D eigenvalue weighted by Crippen LogP contribution is 2.36. The van der Waals surface area contributed by atoms with Gasteiger partial charge in [0.25, 0.3) is 14.0 Å². The molecular weight excluding hydrogens is 437 g/mol. The number of nitro groups is 1. The summed E-state index contributed by atoms with van der Waals surface area (Å²) in [6.45, 7) is 7.04. The monoisotopic (exact) mass is 465 g/mol. The van der Waals surface area contributed by atoms with Crippen LogP contribution in [0.3, 0.4) is 0 Å². The number of benzene rings is 3. The smallest absolute Gasteiger partial charge is 0.273 e. The Balaban J connectivity index is 1.77. The van der Waals surface area contributed by atoms with Gasteiger partial charge in [-0.15, -0.1) is 0 Å². The average Bonchev–Trinajstić information content (AvgIpc) is 2.80. The van der Waals surface area contributed by atoms with Gasteiger partial charge in [-0.05, 0) is 27.6 Å². The second-order valence-corrected chi connectivity index (χ2v) is 12.9. The van der Waals surface area contributed by atoms with Crippen LogP contribution >= 0.6 is 0 Å². The van der Waals surface area contributed by atoms with Crippen LogP contribution < -0.4 is 15.1 Å². The summed E-state index contributed by atoms with van der Waals surface area (Å²) in [5.74, 6) is -0.792. The molecule has 0 saturated carbocycles. The number of hydrogen-bond acceptors (Lipinski definition) is 4. The molecule has 3 rings (SSSR count). The minimum Gasteiger partial charge on any atom is -0.486 e. The first kappa shape index (κ1) is 24.4. The maximum atomic E-state index is 13.9. The lowest BCUT2D eigenvalue weighted by atomic mass is 10.2. The Morgan fingerprint density at radius 1 is 0.909 bits per heavy atom. The van der Waals surface area contributed by atoms with Crippen molar-refractivity contribution in [1.29, 1.82) is 0 Å². The molecule has 0 amide bonds. The van der Waals surface area contributed by atoms with E-state index in [4.69, 9.17) is 9.16 Å². The van der Waals surface area contributed by atoms with E-state index in [0.717, 1.165) is 18.2 Å². The fourth-order valence-electron chi connectivity index (χ4n) is 3.92. The van der Waals surface area contributed by atoms with Crippen LogP contribution in [0.4, 0.5) is 10.1 Å². The molecule has 0 aliphatic rings. The zero-order chi connectivity index (χ0) is 23.9. The fourth-order valence-corrected chi connectivity index (χ4v) is 8.43. The lowest BCUT2D eigenvalue weighted by molar-refractivity contribution is -0.385. The lowest BCUT2D eigenvalue weighted by Crippen LogP contribution is -2.66. The summed E-state index contributed by atoms with van der Waals surface area (Å²) in [7, 11) is -2.63. The first-order valence-electron chi connectivity index (χ1n) is 10.7. The van der Waals surface area contributed by atoms with Crippen LogP contribution in [0.1, 0.15) is 20.8 Å². The molecule has 33 heavy (non-hydrogen) atoms. The minimum absolute atomic E-state index is 0.0716. The summed E-state index contributed by atoms with van der Waals surface area (Å²) < 4.78 is 26.0. The molecule has 0 spiro atoms. The lowest BCUT2D eigenvalue weighted by Gasteiger charge is -2.42. The number of non-ortho nitro benzene ring substituents is 1. The van der Waals surface area contributed by atoms with E-state index in [1.54, 1.807) is 6.08 Å². The van der Waals surface area contributed by atoms with E-state index >= 15 is 0 Å². The molecule has 0 radical (unpaired) electrons. The van der Waals surface area contributed by atoms with Gasteiger partial charge in [-0.3, -0.25) is 10.1 Å². The molecule has 5 nitrogen and oxygen atoms in total. The van der Waals surface area contributed by atoms with Crippen molar-refractivity contribution in [1.82, 2.24) is 0 Å². The predicted molar refractivity (Wildman–Crippen MR) is 131 cm³/mol. The van der Waals surface area contributed by atoms with Gasteiger partial charge in [-0.1, -0.05) is 87.5 Å². The Morgan fingerprint density at radius 2 is 1.45 bits per heavy atom. The van der Waals surface area contributed by atoms with Gasteiger partial charge in [0.2, 0.25) is 0 Å². The molecule has 0 saturated heterocycles. The molecule has 0 N–H and O–H groups in total. The molecule has 0 atom stereocenters. The Morgan fingerprint density at radius 3 is 1.97 bits per heavy atom. The Bertz CT molecular complexity index is 1060. The normalized spacial score (nSPS) is 12.1. The highest BCUT2D eigenvalue weighted by atomic mass is 28.4. The van der Waals surface area contributed by atoms with Crippen molar-refractivity contribution in [2.24, 2.45) is 0 Å². The van der Waals surface area contributed by atoms with Gasteiger partial charge in [0.15, 0.2) is 11.6 Å². The van der Waals surface area contributed by atoms with Gasteiger partial charge < -0.3 is 9.16 Å². The zero-order valence-corrected chi connectivity index (χ0v) is 20.0. The van der Waals surface area contributed by atoms with Gasteiger partial charge in [-0.25, -0.2) is 4.39 Å². The standard InChI is InChI=1S/C26H28FNO4Si/c1-26(2,3)33(22-12-6-4-7-13-22,23-14-8-5-9-15-23)32-19-11-10-18-31-25-20-21(28(29)30)16-17-24(25)27/h4-17,20H,18-19H2,1-3H3/b11-10-. The molecule has 0 aromatic heterocycles. The van der Waals surface area contributed by atoms with Gasteiger partial charge in [0, 0.05) is 6.07 Å². The molecule has 0 fully saturated rings. The summed E-state index contributed by atoms with van der Waals surface area (Å²) in [4.78, 5) is 10.3. The molecule has 172 valence electrons. The first-order chi connectivity index (χ1) is 15.8. The number of ether oxygens (including phenoxy) is 1. The van der Waals surface area contributed by atoms with Crippen molar-refractivity contribution in [2.75, 3.05) is 13.2 Å². The van der Waals surface area contributed by atoms with E-state index in [0.29, 0.717) is 6.61 Å². The quantitative estimate of drug-likeness (QED) is 0.188. The van der Waals surface area contributed by atoms with Crippen molar-refractivity contribution in [2.45, 2.75) is 25.8 Å². The van der Waals surface area contributed by atoms with Crippen LogP contribution in [-0.2, 0) is 4.43 Å². The van der Waals surface area contributed by atoms with Gasteiger partial charge in [-0.2, -0.15) is 0 Å². The third-order valence-electron chi connectivity index (χ3n) is 5.44. The van der Waals surface area contributed by atoms with Crippen molar-refractivity contribution in [3.05, 3.63) is 107 Å². The molecule has 0 aliphatic carbocycles. The van der Waals surface area contributed by atoms with Crippen molar-refractivity contribution in [3.63, 3.8) is 0 Å². The minimum atomic E-state index is -2.63. The molecular formula is C26H28FNO4Si. The number of halogens is 1. The zero-order valence-electron chi connectivity index (χ0n) is 19.0.